The van der Waals surface area contributed by atoms with Gasteiger partial charge >= 0.3 is 0 Å². The number of hydrogen-bond acceptors (Lipinski definition) is 3. The van der Waals surface area contributed by atoms with Crippen molar-refractivity contribution in [3.05, 3.63) is 30.1 Å². The Balaban J connectivity index is 1.78. The third kappa shape index (κ3) is 7.20. The summed E-state index contributed by atoms with van der Waals surface area (Å²) in [6.07, 6.45) is 2.33. The summed E-state index contributed by atoms with van der Waals surface area (Å²) < 4.78 is 19.0. The van der Waals surface area contributed by atoms with Crippen molar-refractivity contribution in [2.45, 2.75) is 39.7 Å². The van der Waals surface area contributed by atoms with E-state index in [1.54, 1.807) is 12.1 Å². The fourth-order valence-electron chi connectivity index (χ4n) is 3.21. The zero-order valence-corrected chi connectivity index (χ0v) is 16.3. The predicted octanol–water partition coefficient (Wildman–Crippen LogP) is 2.88. The number of ether oxygens (including phenoxy) is 1. The third-order valence-electron chi connectivity index (χ3n) is 4.45. The molecule has 0 aliphatic carbocycles. The molecule has 0 radical (unpaired) electrons. The Bertz CT molecular complexity index is 566. The Morgan fingerprint density at radius 3 is 2.96 bits per heavy atom. The number of guanidine groups is 1. The minimum Gasteiger partial charge on any atom is -0.489 e. The van der Waals surface area contributed by atoms with Crippen molar-refractivity contribution >= 4 is 5.96 Å². The van der Waals surface area contributed by atoms with Crippen LogP contribution in [0.4, 0.5) is 4.39 Å². The van der Waals surface area contributed by atoms with Crippen LogP contribution < -0.4 is 15.4 Å². The van der Waals surface area contributed by atoms with Crippen LogP contribution in [-0.4, -0.2) is 56.2 Å². The summed E-state index contributed by atoms with van der Waals surface area (Å²) in [6.45, 7) is 12.1. The molecule has 1 aromatic carbocycles. The standard InChI is InChI=1S/C20H33FN4O/c1-4-10-25-11-9-17(15-25)14-24-20(22-5-2)23-13-16(3)26-19-8-6-7-18(21)12-19/h6-8,12,16-17H,4-5,9-11,13-15H2,1-3H3,(H2,22,23,24). The highest BCUT2D eigenvalue weighted by Gasteiger charge is 2.21. The van der Waals surface area contributed by atoms with E-state index in [4.69, 9.17) is 4.74 Å². The van der Waals surface area contributed by atoms with Crippen LogP contribution in [0.2, 0.25) is 0 Å². The summed E-state index contributed by atoms with van der Waals surface area (Å²) in [5.74, 6) is 1.73. The average Bonchev–Trinajstić information content (AvgIpc) is 3.05. The minimum absolute atomic E-state index is 0.126. The third-order valence-corrected chi connectivity index (χ3v) is 4.45. The van der Waals surface area contributed by atoms with Gasteiger partial charge < -0.3 is 20.3 Å². The molecule has 2 N–H and O–H groups in total. The molecule has 0 saturated carbocycles. The van der Waals surface area contributed by atoms with E-state index in [0.29, 0.717) is 18.2 Å². The Morgan fingerprint density at radius 1 is 1.38 bits per heavy atom. The van der Waals surface area contributed by atoms with Crippen LogP contribution in [0.5, 0.6) is 5.75 Å². The van der Waals surface area contributed by atoms with E-state index >= 15 is 0 Å². The molecule has 6 heteroatoms. The van der Waals surface area contributed by atoms with Crippen LogP contribution in [0.1, 0.15) is 33.6 Å². The van der Waals surface area contributed by atoms with E-state index in [9.17, 15) is 4.39 Å². The molecule has 146 valence electrons. The largest absolute Gasteiger partial charge is 0.489 e. The lowest BCUT2D eigenvalue weighted by Gasteiger charge is -2.18. The second kappa shape index (κ2) is 11.0. The lowest BCUT2D eigenvalue weighted by atomic mass is 10.1. The molecule has 26 heavy (non-hydrogen) atoms. The molecule has 1 saturated heterocycles. The lowest BCUT2D eigenvalue weighted by molar-refractivity contribution is 0.229. The number of halogens is 1. The summed E-state index contributed by atoms with van der Waals surface area (Å²) >= 11 is 0. The first-order chi connectivity index (χ1) is 12.6. The topological polar surface area (TPSA) is 48.9 Å². The number of rotatable bonds is 9. The summed E-state index contributed by atoms with van der Waals surface area (Å²) in [7, 11) is 0. The Kier molecular flexibility index (Phi) is 8.68. The van der Waals surface area contributed by atoms with Crippen LogP contribution in [0.25, 0.3) is 0 Å². The molecule has 1 fully saturated rings. The van der Waals surface area contributed by atoms with Crippen LogP contribution in [0.3, 0.4) is 0 Å². The van der Waals surface area contributed by atoms with Crippen molar-refractivity contribution in [3.63, 3.8) is 0 Å². The highest BCUT2D eigenvalue weighted by molar-refractivity contribution is 5.79. The molecule has 1 aliphatic rings. The van der Waals surface area contributed by atoms with E-state index in [1.807, 2.05) is 6.92 Å². The van der Waals surface area contributed by atoms with E-state index in [1.165, 1.54) is 44.6 Å². The van der Waals surface area contributed by atoms with Gasteiger partial charge in [-0.15, -0.1) is 0 Å². The van der Waals surface area contributed by atoms with Gasteiger partial charge in [-0.1, -0.05) is 13.0 Å². The summed E-state index contributed by atoms with van der Waals surface area (Å²) in [6, 6.07) is 6.21. The van der Waals surface area contributed by atoms with E-state index < -0.39 is 0 Å². The Hall–Kier alpha value is -1.82. The van der Waals surface area contributed by atoms with Gasteiger partial charge in [-0.25, -0.2) is 9.38 Å². The number of hydrogen-bond donors (Lipinski definition) is 2. The number of aliphatic imine (C=N–C) groups is 1. The second-order valence-corrected chi connectivity index (χ2v) is 6.94. The van der Waals surface area contributed by atoms with Gasteiger partial charge in [-0.3, -0.25) is 0 Å². The quantitative estimate of drug-likeness (QED) is 0.523. The summed E-state index contributed by atoms with van der Waals surface area (Å²) in [5.41, 5.74) is 0. The molecule has 0 amide bonds. The van der Waals surface area contributed by atoms with Crippen molar-refractivity contribution in [3.8, 4) is 5.75 Å². The second-order valence-electron chi connectivity index (χ2n) is 6.94. The number of likely N-dealkylation sites (tertiary alicyclic amines) is 1. The average molecular weight is 365 g/mol. The smallest absolute Gasteiger partial charge is 0.191 e. The molecular formula is C20H33FN4O. The maximum absolute atomic E-state index is 13.2. The zero-order chi connectivity index (χ0) is 18.8. The monoisotopic (exact) mass is 364 g/mol. The highest BCUT2D eigenvalue weighted by Crippen LogP contribution is 2.15. The molecule has 0 spiro atoms. The van der Waals surface area contributed by atoms with E-state index in [2.05, 4.69) is 34.4 Å². The van der Waals surface area contributed by atoms with Crippen molar-refractivity contribution in [1.82, 2.24) is 15.5 Å². The molecule has 0 bridgehead atoms. The molecule has 1 heterocycles. The van der Waals surface area contributed by atoms with Crippen LogP contribution in [0.15, 0.2) is 29.3 Å². The van der Waals surface area contributed by atoms with Gasteiger partial charge in [0.15, 0.2) is 5.96 Å². The molecular weight excluding hydrogens is 331 g/mol. The Labute approximate surface area is 157 Å². The van der Waals surface area contributed by atoms with Gasteiger partial charge in [0.05, 0.1) is 6.54 Å². The summed E-state index contributed by atoms with van der Waals surface area (Å²) in [4.78, 5) is 7.14. The van der Waals surface area contributed by atoms with Gasteiger partial charge in [0.25, 0.3) is 0 Å². The van der Waals surface area contributed by atoms with Gasteiger partial charge in [-0.2, -0.15) is 0 Å². The number of nitrogens with one attached hydrogen (secondary N) is 2. The molecule has 0 aromatic heterocycles. The van der Waals surface area contributed by atoms with Crippen LogP contribution in [0, 0.1) is 11.7 Å². The first kappa shape index (κ1) is 20.5. The zero-order valence-electron chi connectivity index (χ0n) is 16.3. The number of benzene rings is 1. The fourth-order valence-corrected chi connectivity index (χ4v) is 3.21. The van der Waals surface area contributed by atoms with Crippen LogP contribution in [-0.2, 0) is 0 Å². The predicted molar refractivity (Wildman–Crippen MR) is 105 cm³/mol. The fraction of sp³-hybridized carbons (Fsp3) is 0.650. The molecule has 2 atom stereocenters. The first-order valence-corrected chi connectivity index (χ1v) is 9.77. The van der Waals surface area contributed by atoms with Crippen LogP contribution >= 0.6 is 0 Å². The summed E-state index contributed by atoms with van der Waals surface area (Å²) in [5, 5.41) is 6.73. The molecule has 1 aromatic rings. The molecule has 5 nitrogen and oxygen atoms in total. The van der Waals surface area contributed by atoms with Gasteiger partial charge in [0.2, 0.25) is 0 Å². The molecule has 1 aliphatic heterocycles. The normalized spacial score (nSPS) is 19.4. The Morgan fingerprint density at radius 2 is 2.23 bits per heavy atom. The highest BCUT2D eigenvalue weighted by atomic mass is 19.1. The van der Waals surface area contributed by atoms with E-state index in [0.717, 1.165) is 19.0 Å². The van der Waals surface area contributed by atoms with Gasteiger partial charge in [-0.05, 0) is 57.8 Å². The van der Waals surface area contributed by atoms with E-state index in [-0.39, 0.29) is 11.9 Å². The first-order valence-electron chi connectivity index (χ1n) is 9.77. The van der Waals surface area contributed by atoms with Gasteiger partial charge in [0.1, 0.15) is 17.7 Å². The SMILES string of the molecule is CCCN1CCC(CNC(=NCC(C)Oc2cccc(F)c2)NCC)C1. The number of nitrogens with zero attached hydrogens (tertiary/aromatic N) is 2. The maximum atomic E-state index is 13.2. The minimum atomic E-state index is -0.290. The molecule has 2 rings (SSSR count). The van der Waals surface area contributed by atoms with Crippen molar-refractivity contribution in [1.29, 1.82) is 0 Å². The van der Waals surface area contributed by atoms with Gasteiger partial charge in [0, 0.05) is 25.7 Å². The lowest BCUT2D eigenvalue weighted by Crippen LogP contribution is -2.41. The molecule has 2 unspecified atom stereocenters. The van der Waals surface area contributed by atoms with Crippen molar-refractivity contribution in [2.24, 2.45) is 10.9 Å². The van der Waals surface area contributed by atoms with Crippen molar-refractivity contribution < 1.29 is 9.13 Å². The maximum Gasteiger partial charge on any atom is 0.191 e. The van der Waals surface area contributed by atoms with Crippen molar-refractivity contribution in [2.75, 3.05) is 39.3 Å².